The lowest BCUT2D eigenvalue weighted by atomic mass is 9.87. The molecule has 0 saturated carbocycles. The second kappa shape index (κ2) is 8.62. The third-order valence-corrected chi connectivity index (χ3v) is 4.23. The molecule has 0 bridgehead atoms. The van der Waals surface area contributed by atoms with Crippen LogP contribution in [0.2, 0.25) is 0 Å². The molecule has 27 heavy (non-hydrogen) atoms. The van der Waals surface area contributed by atoms with Crippen LogP contribution in [0, 0.1) is 0 Å². The standard InChI is InChI=1S/C22H26N2O3/c1-15(25)16-7-11-19(12-8-16)24-20(26)13-14-23-21(27)17-5-9-18(10-6-17)22(2,3)4/h5-12H,13-14H2,1-4H3,(H,23,27)(H,24,26). The van der Waals surface area contributed by atoms with Crippen LogP contribution in [0.5, 0.6) is 0 Å². The van der Waals surface area contributed by atoms with Crippen LogP contribution in [0.25, 0.3) is 0 Å². The number of carbonyl (C=O) groups excluding carboxylic acids is 3. The molecule has 0 atom stereocenters. The number of rotatable bonds is 6. The number of ketones is 1. The molecule has 5 nitrogen and oxygen atoms in total. The van der Waals surface area contributed by atoms with E-state index in [2.05, 4.69) is 31.4 Å². The van der Waals surface area contributed by atoms with Gasteiger partial charge in [-0.25, -0.2) is 0 Å². The van der Waals surface area contributed by atoms with Gasteiger partial charge in [-0.15, -0.1) is 0 Å². The van der Waals surface area contributed by atoms with Crippen molar-refractivity contribution in [3.8, 4) is 0 Å². The molecular weight excluding hydrogens is 340 g/mol. The number of carbonyl (C=O) groups is 3. The van der Waals surface area contributed by atoms with Crippen LogP contribution in [-0.2, 0) is 10.2 Å². The molecule has 0 radical (unpaired) electrons. The van der Waals surface area contributed by atoms with Gasteiger partial charge in [0.1, 0.15) is 0 Å². The second-order valence-electron chi connectivity index (χ2n) is 7.51. The molecular formula is C22H26N2O3. The normalized spacial score (nSPS) is 11.0. The maximum Gasteiger partial charge on any atom is 0.251 e. The Hall–Kier alpha value is -2.95. The number of benzene rings is 2. The van der Waals surface area contributed by atoms with Gasteiger partial charge in [-0.2, -0.15) is 0 Å². The van der Waals surface area contributed by atoms with Crippen molar-refractivity contribution in [3.05, 3.63) is 65.2 Å². The highest BCUT2D eigenvalue weighted by molar-refractivity contribution is 5.96. The third kappa shape index (κ3) is 6.06. The van der Waals surface area contributed by atoms with E-state index in [0.717, 1.165) is 5.56 Å². The molecule has 0 unspecified atom stereocenters. The van der Waals surface area contributed by atoms with Crippen molar-refractivity contribution in [2.45, 2.75) is 39.5 Å². The summed E-state index contributed by atoms with van der Waals surface area (Å²) in [5.74, 6) is -0.422. The van der Waals surface area contributed by atoms with Gasteiger partial charge in [0.25, 0.3) is 5.91 Å². The molecule has 0 heterocycles. The second-order valence-corrected chi connectivity index (χ2v) is 7.51. The number of hydrogen-bond donors (Lipinski definition) is 2. The minimum absolute atomic E-state index is 0.0221. The Morgan fingerprint density at radius 3 is 1.93 bits per heavy atom. The zero-order chi connectivity index (χ0) is 20.0. The number of nitrogens with one attached hydrogen (secondary N) is 2. The van der Waals surface area contributed by atoms with E-state index in [-0.39, 0.29) is 36.0 Å². The van der Waals surface area contributed by atoms with E-state index < -0.39 is 0 Å². The van der Waals surface area contributed by atoms with Crippen LogP contribution in [0.1, 0.15) is 60.4 Å². The van der Waals surface area contributed by atoms with Crippen LogP contribution in [0.15, 0.2) is 48.5 Å². The molecule has 2 N–H and O–H groups in total. The van der Waals surface area contributed by atoms with E-state index in [1.165, 1.54) is 6.92 Å². The van der Waals surface area contributed by atoms with Gasteiger partial charge in [-0.3, -0.25) is 14.4 Å². The molecule has 2 amide bonds. The predicted octanol–water partition coefficient (Wildman–Crippen LogP) is 3.95. The Balaban J connectivity index is 1.80. The minimum atomic E-state index is -0.200. The summed E-state index contributed by atoms with van der Waals surface area (Å²) >= 11 is 0. The first kappa shape index (κ1) is 20.4. The molecule has 0 spiro atoms. The van der Waals surface area contributed by atoms with Gasteiger partial charge in [0.2, 0.25) is 5.91 Å². The fourth-order valence-corrected chi connectivity index (χ4v) is 2.52. The Morgan fingerprint density at radius 2 is 1.41 bits per heavy atom. The molecule has 142 valence electrons. The highest BCUT2D eigenvalue weighted by atomic mass is 16.2. The molecule has 5 heteroatoms. The first-order valence-corrected chi connectivity index (χ1v) is 8.96. The lowest BCUT2D eigenvalue weighted by molar-refractivity contribution is -0.116. The van der Waals surface area contributed by atoms with E-state index in [4.69, 9.17) is 0 Å². The number of hydrogen-bond acceptors (Lipinski definition) is 3. The zero-order valence-electron chi connectivity index (χ0n) is 16.3. The fraction of sp³-hybridized carbons (Fsp3) is 0.318. The maximum atomic E-state index is 12.2. The average Bonchev–Trinajstić information content (AvgIpc) is 2.61. The summed E-state index contributed by atoms with van der Waals surface area (Å²) in [6.45, 7) is 8.10. The molecule has 2 aromatic rings. The summed E-state index contributed by atoms with van der Waals surface area (Å²) < 4.78 is 0. The van der Waals surface area contributed by atoms with Gasteiger partial charge in [-0.1, -0.05) is 32.9 Å². The zero-order valence-corrected chi connectivity index (χ0v) is 16.3. The topological polar surface area (TPSA) is 75.3 Å². The van der Waals surface area contributed by atoms with Crippen molar-refractivity contribution < 1.29 is 14.4 Å². The summed E-state index contributed by atoms with van der Waals surface area (Å²) in [7, 11) is 0. The smallest absolute Gasteiger partial charge is 0.251 e. The van der Waals surface area contributed by atoms with Gasteiger partial charge >= 0.3 is 0 Å². The van der Waals surface area contributed by atoms with Crippen LogP contribution in [0.3, 0.4) is 0 Å². The molecule has 0 aliphatic rings. The molecule has 0 aliphatic heterocycles. The molecule has 0 aliphatic carbocycles. The Labute approximate surface area is 160 Å². The highest BCUT2D eigenvalue weighted by Gasteiger charge is 2.14. The summed E-state index contributed by atoms with van der Waals surface area (Å²) in [6.07, 6.45) is 0.167. The van der Waals surface area contributed by atoms with Gasteiger partial charge in [0.05, 0.1) is 0 Å². The summed E-state index contributed by atoms with van der Waals surface area (Å²) in [4.78, 5) is 35.4. The lowest BCUT2D eigenvalue weighted by Crippen LogP contribution is -2.27. The summed E-state index contributed by atoms with van der Waals surface area (Å²) in [5, 5.41) is 5.50. The number of anilines is 1. The van der Waals surface area contributed by atoms with Crippen LogP contribution < -0.4 is 10.6 Å². The van der Waals surface area contributed by atoms with Crippen molar-refractivity contribution in [3.63, 3.8) is 0 Å². The monoisotopic (exact) mass is 366 g/mol. The Morgan fingerprint density at radius 1 is 0.852 bits per heavy atom. The summed E-state index contributed by atoms with van der Waals surface area (Å²) in [6, 6.07) is 14.2. The van der Waals surface area contributed by atoms with Crippen molar-refractivity contribution in [1.29, 1.82) is 0 Å². The third-order valence-electron chi connectivity index (χ3n) is 4.23. The molecule has 0 fully saturated rings. The van der Waals surface area contributed by atoms with Gasteiger partial charge in [0, 0.05) is 29.8 Å². The Bertz CT molecular complexity index is 816. The predicted molar refractivity (Wildman–Crippen MR) is 107 cm³/mol. The lowest BCUT2D eigenvalue weighted by Gasteiger charge is -2.19. The van der Waals surface area contributed by atoms with E-state index >= 15 is 0 Å². The largest absolute Gasteiger partial charge is 0.352 e. The van der Waals surface area contributed by atoms with Gasteiger partial charge in [0.15, 0.2) is 5.78 Å². The number of Topliss-reactive ketones (excluding diaryl/α,β-unsaturated/α-hetero) is 1. The summed E-state index contributed by atoms with van der Waals surface area (Å²) in [5.41, 5.74) is 2.99. The number of amides is 2. The molecule has 2 rings (SSSR count). The van der Waals surface area contributed by atoms with Crippen molar-refractivity contribution >= 4 is 23.3 Å². The highest BCUT2D eigenvalue weighted by Crippen LogP contribution is 2.22. The van der Waals surface area contributed by atoms with Crippen LogP contribution in [0.4, 0.5) is 5.69 Å². The van der Waals surface area contributed by atoms with Gasteiger partial charge < -0.3 is 10.6 Å². The minimum Gasteiger partial charge on any atom is -0.352 e. The van der Waals surface area contributed by atoms with Gasteiger partial charge in [-0.05, 0) is 54.3 Å². The van der Waals surface area contributed by atoms with Crippen LogP contribution in [-0.4, -0.2) is 24.1 Å². The van der Waals surface area contributed by atoms with E-state index in [1.54, 1.807) is 36.4 Å². The van der Waals surface area contributed by atoms with Crippen molar-refractivity contribution in [1.82, 2.24) is 5.32 Å². The first-order chi connectivity index (χ1) is 12.7. The SMILES string of the molecule is CC(=O)c1ccc(NC(=O)CCNC(=O)c2ccc(C(C)(C)C)cc2)cc1. The van der Waals surface area contributed by atoms with E-state index in [1.807, 2.05) is 12.1 Å². The molecule has 0 saturated heterocycles. The van der Waals surface area contributed by atoms with E-state index in [0.29, 0.717) is 16.8 Å². The fourth-order valence-electron chi connectivity index (χ4n) is 2.52. The average molecular weight is 366 g/mol. The molecule has 0 aromatic heterocycles. The maximum absolute atomic E-state index is 12.2. The Kier molecular flexibility index (Phi) is 6.50. The molecule has 2 aromatic carbocycles. The van der Waals surface area contributed by atoms with E-state index in [9.17, 15) is 14.4 Å². The van der Waals surface area contributed by atoms with Crippen molar-refractivity contribution in [2.75, 3.05) is 11.9 Å². The first-order valence-electron chi connectivity index (χ1n) is 8.96. The quantitative estimate of drug-likeness (QED) is 0.760. The van der Waals surface area contributed by atoms with Crippen LogP contribution >= 0.6 is 0 Å². The van der Waals surface area contributed by atoms with Crippen molar-refractivity contribution in [2.24, 2.45) is 0 Å².